The Morgan fingerprint density at radius 1 is 1.65 bits per heavy atom. The average Bonchev–Trinajstić information content (AvgIpc) is 2.58. The van der Waals surface area contributed by atoms with Crippen molar-refractivity contribution in [2.24, 2.45) is 7.05 Å². The van der Waals surface area contributed by atoms with Gasteiger partial charge in [0.15, 0.2) is 6.10 Å². The molecule has 0 saturated carbocycles. The van der Waals surface area contributed by atoms with Crippen molar-refractivity contribution in [1.29, 1.82) is 0 Å². The summed E-state index contributed by atoms with van der Waals surface area (Å²) in [7, 11) is 2.99. The molecule has 1 unspecified atom stereocenters. The number of aryl methyl sites for hydroxylation is 2. The molecule has 17 heavy (non-hydrogen) atoms. The van der Waals surface area contributed by atoms with E-state index < -0.39 is 12.1 Å². The maximum absolute atomic E-state index is 11.7. The molecule has 0 aliphatic carbocycles. The first-order chi connectivity index (χ1) is 7.95. The van der Waals surface area contributed by atoms with Crippen LogP contribution in [0, 0.1) is 6.92 Å². The van der Waals surface area contributed by atoms with Crippen LogP contribution in [-0.2, 0) is 16.6 Å². The van der Waals surface area contributed by atoms with E-state index >= 15 is 0 Å². The van der Waals surface area contributed by atoms with Crippen LogP contribution in [0.25, 0.3) is 0 Å². The number of carbonyl (C=O) groups is 2. The Balaban J connectivity index is 2.61. The van der Waals surface area contributed by atoms with Crippen LogP contribution in [0.1, 0.15) is 16.1 Å². The second-order valence-corrected chi connectivity index (χ2v) is 3.57. The number of methoxy groups -OCH3 is 1. The Labute approximate surface area is 98.4 Å². The molecule has 0 aliphatic rings. The molecule has 1 atom stereocenters. The van der Waals surface area contributed by atoms with Crippen LogP contribution >= 0.6 is 0 Å². The van der Waals surface area contributed by atoms with Crippen LogP contribution in [-0.4, -0.2) is 46.5 Å². The molecular formula is C10H15N3O4. The number of rotatable bonds is 5. The van der Waals surface area contributed by atoms with Gasteiger partial charge in [-0.05, 0) is 6.92 Å². The Morgan fingerprint density at radius 2 is 2.29 bits per heavy atom. The van der Waals surface area contributed by atoms with Crippen LogP contribution in [0.5, 0.6) is 0 Å². The lowest BCUT2D eigenvalue weighted by atomic mass is 10.2. The highest BCUT2D eigenvalue weighted by Crippen LogP contribution is 2.04. The summed E-state index contributed by atoms with van der Waals surface area (Å²) in [5.41, 5.74) is 1.02. The van der Waals surface area contributed by atoms with Gasteiger partial charge in [-0.15, -0.1) is 0 Å². The first-order valence-electron chi connectivity index (χ1n) is 4.99. The molecule has 0 fully saturated rings. The zero-order chi connectivity index (χ0) is 13.0. The third kappa shape index (κ3) is 3.28. The first kappa shape index (κ1) is 13.2. The number of ether oxygens (including phenoxy) is 1. The van der Waals surface area contributed by atoms with Crippen molar-refractivity contribution in [3.8, 4) is 0 Å². The summed E-state index contributed by atoms with van der Waals surface area (Å²) in [4.78, 5) is 22.4. The van der Waals surface area contributed by atoms with E-state index in [1.54, 1.807) is 20.2 Å². The van der Waals surface area contributed by atoms with E-state index in [-0.39, 0.29) is 12.5 Å². The monoisotopic (exact) mass is 241 g/mol. The molecule has 7 heteroatoms. The number of aromatic nitrogens is 2. The Bertz CT molecular complexity index is 427. The number of carbonyl (C=O) groups excluding carboxylic acids is 1. The number of carboxylic acids is 1. The third-order valence-electron chi connectivity index (χ3n) is 2.27. The van der Waals surface area contributed by atoms with Gasteiger partial charge in [-0.1, -0.05) is 0 Å². The molecule has 1 aromatic heterocycles. The summed E-state index contributed by atoms with van der Waals surface area (Å²) in [6.07, 6.45) is 0.531. The second kappa shape index (κ2) is 5.44. The van der Waals surface area contributed by atoms with Crippen molar-refractivity contribution < 1.29 is 19.4 Å². The lowest BCUT2D eigenvalue weighted by molar-refractivity contribution is -0.148. The quantitative estimate of drug-likeness (QED) is 0.728. The summed E-state index contributed by atoms with van der Waals surface area (Å²) >= 11 is 0. The maximum atomic E-state index is 11.7. The molecule has 7 nitrogen and oxygen atoms in total. The normalized spacial score (nSPS) is 12.2. The molecule has 1 amide bonds. The fourth-order valence-corrected chi connectivity index (χ4v) is 1.37. The molecule has 94 valence electrons. The van der Waals surface area contributed by atoms with Gasteiger partial charge in [0.2, 0.25) is 0 Å². The van der Waals surface area contributed by atoms with E-state index in [0.29, 0.717) is 11.3 Å². The van der Waals surface area contributed by atoms with Crippen molar-refractivity contribution in [1.82, 2.24) is 15.1 Å². The van der Waals surface area contributed by atoms with Crippen LogP contribution in [0.2, 0.25) is 0 Å². The molecule has 1 rings (SSSR count). The van der Waals surface area contributed by atoms with E-state index in [1.807, 2.05) is 0 Å². The summed E-state index contributed by atoms with van der Waals surface area (Å²) in [5.74, 6) is -1.48. The summed E-state index contributed by atoms with van der Waals surface area (Å²) in [6, 6.07) is 0. The van der Waals surface area contributed by atoms with Crippen LogP contribution in [0.4, 0.5) is 0 Å². The molecule has 2 N–H and O–H groups in total. The molecule has 0 radical (unpaired) electrons. The summed E-state index contributed by atoms with van der Waals surface area (Å²) < 4.78 is 6.22. The molecule has 0 bridgehead atoms. The van der Waals surface area contributed by atoms with E-state index in [4.69, 9.17) is 9.84 Å². The lowest BCUT2D eigenvalue weighted by Gasteiger charge is -2.10. The Morgan fingerprint density at radius 3 is 2.71 bits per heavy atom. The highest BCUT2D eigenvalue weighted by atomic mass is 16.5. The predicted molar refractivity (Wildman–Crippen MR) is 58.7 cm³/mol. The highest BCUT2D eigenvalue weighted by Gasteiger charge is 2.19. The zero-order valence-corrected chi connectivity index (χ0v) is 9.93. The molecule has 1 heterocycles. The molecular weight excluding hydrogens is 226 g/mol. The minimum absolute atomic E-state index is 0.0843. The van der Waals surface area contributed by atoms with Crippen LogP contribution in [0.3, 0.4) is 0 Å². The Hall–Kier alpha value is -1.89. The van der Waals surface area contributed by atoms with Gasteiger partial charge in [0.05, 0.1) is 17.8 Å². The number of nitrogens with zero attached hydrogens (tertiary/aromatic N) is 2. The maximum Gasteiger partial charge on any atom is 0.334 e. The summed E-state index contributed by atoms with van der Waals surface area (Å²) in [6.45, 7) is 1.62. The van der Waals surface area contributed by atoms with Gasteiger partial charge in [0.25, 0.3) is 5.91 Å². The first-order valence-corrected chi connectivity index (χ1v) is 4.99. The molecule has 1 aromatic rings. The minimum atomic E-state index is -1.12. The number of hydrogen-bond donors (Lipinski definition) is 2. The van der Waals surface area contributed by atoms with Gasteiger partial charge < -0.3 is 15.2 Å². The zero-order valence-electron chi connectivity index (χ0n) is 9.93. The number of carboxylic acid groups (broad SMARTS) is 1. The molecule has 0 spiro atoms. The van der Waals surface area contributed by atoms with Gasteiger partial charge in [0, 0.05) is 20.4 Å². The number of amides is 1. The largest absolute Gasteiger partial charge is 0.479 e. The van der Waals surface area contributed by atoms with E-state index in [0.717, 1.165) is 0 Å². The number of hydrogen-bond acceptors (Lipinski definition) is 4. The topological polar surface area (TPSA) is 93.5 Å². The van der Waals surface area contributed by atoms with Crippen molar-refractivity contribution in [2.75, 3.05) is 13.7 Å². The van der Waals surface area contributed by atoms with Crippen molar-refractivity contribution in [2.45, 2.75) is 13.0 Å². The van der Waals surface area contributed by atoms with Gasteiger partial charge in [-0.3, -0.25) is 9.48 Å². The predicted octanol–water partition coefficient (Wildman–Crippen LogP) is -0.442. The third-order valence-corrected chi connectivity index (χ3v) is 2.27. The second-order valence-electron chi connectivity index (χ2n) is 3.57. The van der Waals surface area contributed by atoms with Crippen molar-refractivity contribution >= 4 is 11.9 Å². The van der Waals surface area contributed by atoms with Gasteiger partial charge >= 0.3 is 5.97 Å². The number of aliphatic carboxylic acids is 1. The molecule has 0 aromatic carbocycles. The fraction of sp³-hybridized carbons (Fsp3) is 0.500. The van der Waals surface area contributed by atoms with E-state index in [1.165, 1.54) is 11.8 Å². The van der Waals surface area contributed by atoms with Crippen molar-refractivity contribution in [3.63, 3.8) is 0 Å². The standard InChI is InChI=1S/C10H15N3O4/c1-6-7(5-13(2)12-6)9(14)11-4-8(17-3)10(15)16/h5,8H,4H2,1-3H3,(H,11,14)(H,15,16). The van der Waals surface area contributed by atoms with E-state index in [2.05, 4.69) is 10.4 Å². The van der Waals surface area contributed by atoms with Crippen LogP contribution < -0.4 is 5.32 Å². The van der Waals surface area contributed by atoms with Crippen LogP contribution in [0.15, 0.2) is 6.20 Å². The smallest absolute Gasteiger partial charge is 0.334 e. The fourth-order valence-electron chi connectivity index (χ4n) is 1.37. The number of nitrogens with one attached hydrogen (secondary N) is 1. The van der Waals surface area contributed by atoms with E-state index in [9.17, 15) is 9.59 Å². The average molecular weight is 241 g/mol. The Kier molecular flexibility index (Phi) is 4.22. The molecule has 0 saturated heterocycles. The van der Waals surface area contributed by atoms with Crippen molar-refractivity contribution in [3.05, 3.63) is 17.5 Å². The minimum Gasteiger partial charge on any atom is -0.479 e. The van der Waals surface area contributed by atoms with Gasteiger partial charge in [0.1, 0.15) is 0 Å². The SMILES string of the molecule is COC(CNC(=O)c1cn(C)nc1C)C(=O)O. The molecule has 0 aliphatic heterocycles. The van der Waals surface area contributed by atoms with Gasteiger partial charge in [-0.25, -0.2) is 4.79 Å². The highest BCUT2D eigenvalue weighted by molar-refractivity contribution is 5.95. The lowest BCUT2D eigenvalue weighted by Crippen LogP contribution is -2.37. The van der Waals surface area contributed by atoms with Gasteiger partial charge in [-0.2, -0.15) is 5.10 Å². The summed E-state index contributed by atoms with van der Waals surface area (Å²) in [5, 5.41) is 15.2.